The number of unbranched alkanes of at least 4 members (excludes halogenated alkanes) is 2. The summed E-state index contributed by atoms with van der Waals surface area (Å²) in [5.41, 5.74) is 0. The van der Waals surface area contributed by atoms with E-state index in [1.165, 1.54) is 83.5 Å². The Labute approximate surface area is 131 Å². The molecule has 1 N–H and O–H groups in total. The highest BCUT2D eigenvalue weighted by atomic mass is 14.8. The van der Waals surface area contributed by atoms with Gasteiger partial charge < -0.3 is 5.32 Å². The molecule has 0 amide bonds. The largest absolute Gasteiger partial charge is 0.324 e. The fraction of sp³-hybridized carbons (Fsp3) is 0.947. The van der Waals surface area contributed by atoms with E-state index in [1.54, 1.807) is 0 Å². The molecule has 2 nitrogen and oxygen atoms in total. The van der Waals surface area contributed by atoms with E-state index in [0.29, 0.717) is 0 Å². The maximum atomic E-state index is 8.49. The Hall–Kier alpha value is -0.710. The lowest BCUT2D eigenvalue weighted by atomic mass is 9.68. The molecule has 2 rings (SSSR count). The summed E-state index contributed by atoms with van der Waals surface area (Å²) in [5, 5.41) is 11.3. The minimum atomic E-state index is 0.869. The first-order valence-corrected chi connectivity index (χ1v) is 9.54. The first-order valence-electron chi connectivity index (χ1n) is 9.54. The van der Waals surface area contributed by atoms with Gasteiger partial charge in [0.15, 0.2) is 6.19 Å². The molecule has 2 aliphatic carbocycles. The smallest absolute Gasteiger partial charge is 0.176 e. The van der Waals surface area contributed by atoms with Crippen LogP contribution in [0.3, 0.4) is 0 Å². The van der Waals surface area contributed by atoms with Crippen LogP contribution in [0.2, 0.25) is 0 Å². The molecule has 120 valence electrons. The van der Waals surface area contributed by atoms with E-state index in [0.717, 1.165) is 30.7 Å². The predicted molar refractivity (Wildman–Crippen MR) is 88.7 cm³/mol. The number of hydrogen-bond donors (Lipinski definition) is 1. The van der Waals surface area contributed by atoms with Crippen LogP contribution in [0.1, 0.15) is 89.9 Å². The van der Waals surface area contributed by atoms with Gasteiger partial charge in [0.1, 0.15) is 0 Å². The molecule has 0 atom stereocenters. The Kier molecular flexibility index (Phi) is 8.00. The molecule has 0 bridgehead atoms. The molecule has 0 spiro atoms. The van der Waals surface area contributed by atoms with Gasteiger partial charge in [-0.3, -0.25) is 0 Å². The van der Waals surface area contributed by atoms with E-state index < -0.39 is 0 Å². The van der Waals surface area contributed by atoms with Gasteiger partial charge in [-0.25, -0.2) is 0 Å². The average molecular weight is 290 g/mol. The van der Waals surface area contributed by atoms with Crippen molar-refractivity contribution in [1.29, 1.82) is 5.26 Å². The molecular weight excluding hydrogens is 256 g/mol. The third-order valence-corrected chi connectivity index (χ3v) is 5.93. The van der Waals surface area contributed by atoms with Crippen molar-refractivity contribution in [1.82, 2.24) is 5.32 Å². The van der Waals surface area contributed by atoms with Crippen LogP contribution in [0, 0.1) is 29.2 Å². The van der Waals surface area contributed by atoms with Crippen LogP contribution in [0.25, 0.3) is 0 Å². The van der Waals surface area contributed by atoms with Gasteiger partial charge in [0, 0.05) is 6.54 Å². The van der Waals surface area contributed by atoms with Crippen LogP contribution in [0.5, 0.6) is 0 Å². The summed E-state index contributed by atoms with van der Waals surface area (Å²) in [6.45, 7) is 0.869. The highest BCUT2D eigenvalue weighted by Gasteiger charge is 2.30. The van der Waals surface area contributed by atoms with E-state index >= 15 is 0 Å². The van der Waals surface area contributed by atoms with Crippen LogP contribution in [0.4, 0.5) is 0 Å². The second kappa shape index (κ2) is 10.1. The minimum Gasteiger partial charge on any atom is -0.324 e. The van der Waals surface area contributed by atoms with Crippen molar-refractivity contribution < 1.29 is 0 Å². The summed E-state index contributed by atoms with van der Waals surface area (Å²) >= 11 is 0. The minimum absolute atomic E-state index is 0.869. The molecule has 2 fully saturated rings. The van der Waals surface area contributed by atoms with Gasteiger partial charge in [-0.1, -0.05) is 77.0 Å². The van der Waals surface area contributed by atoms with Crippen molar-refractivity contribution in [2.75, 3.05) is 6.54 Å². The Morgan fingerprint density at radius 2 is 1.38 bits per heavy atom. The lowest BCUT2D eigenvalue weighted by Crippen LogP contribution is -2.27. The average Bonchev–Trinajstić information content (AvgIpc) is 2.56. The lowest BCUT2D eigenvalue weighted by molar-refractivity contribution is 0.132. The second-order valence-corrected chi connectivity index (χ2v) is 7.35. The van der Waals surface area contributed by atoms with Crippen LogP contribution in [-0.4, -0.2) is 6.54 Å². The zero-order valence-corrected chi connectivity index (χ0v) is 13.8. The summed E-state index contributed by atoms with van der Waals surface area (Å²) in [6, 6.07) is 0. The standard InChI is InChI=1S/C19H34N2/c20-16-21-15-9-3-8-14-19(17-10-4-1-5-11-17)18-12-6-2-7-13-18/h17-19,21H,1-15H2. The number of rotatable bonds is 8. The van der Waals surface area contributed by atoms with Gasteiger partial charge in [0.05, 0.1) is 0 Å². The zero-order chi connectivity index (χ0) is 14.8. The number of hydrogen-bond acceptors (Lipinski definition) is 2. The van der Waals surface area contributed by atoms with Crippen LogP contribution in [0.15, 0.2) is 0 Å². The Morgan fingerprint density at radius 3 is 1.90 bits per heavy atom. The topological polar surface area (TPSA) is 35.8 Å². The lowest BCUT2D eigenvalue weighted by Gasteiger charge is -2.38. The maximum Gasteiger partial charge on any atom is 0.176 e. The summed E-state index contributed by atoms with van der Waals surface area (Å²) in [7, 11) is 0. The van der Waals surface area contributed by atoms with Crippen molar-refractivity contribution in [3.63, 3.8) is 0 Å². The van der Waals surface area contributed by atoms with Crippen molar-refractivity contribution in [2.24, 2.45) is 17.8 Å². The molecular formula is C19H34N2. The van der Waals surface area contributed by atoms with Crippen LogP contribution < -0.4 is 5.32 Å². The first kappa shape index (κ1) is 16.7. The molecule has 0 saturated heterocycles. The maximum absolute atomic E-state index is 8.49. The van der Waals surface area contributed by atoms with Crippen LogP contribution >= 0.6 is 0 Å². The second-order valence-electron chi connectivity index (χ2n) is 7.35. The molecule has 2 aliphatic rings. The molecule has 0 aromatic heterocycles. The van der Waals surface area contributed by atoms with Crippen molar-refractivity contribution in [3.8, 4) is 6.19 Å². The summed E-state index contributed by atoms with van der Waals surface area (Å²) in [4.78, 5) is 0. The van der Waals surface area contributed by atoms with E-state index in [9.17, 15) is 0 Å². The fourth-order valence-corrected chi connectivity index (χ4v) is 4.81. The molecule has 21 heavy (non-hydrogen) atoms. The Bertz CT molecular complexity index is 277. The predicted octanol–water partition coefficient (Wildman–Crippen LogP) is 5.39. The van der Waals surface area contributed by atoms with Crippen molar-refractivity contribution >= 4 is 0 Å². The highest BCUT2D eigenvalue weighted by Crippen LogP contribution is 2.42. The Balaban J connectivity index is 1.75. The number of nitrogens with zero attached hydrogens (tertiary/aromatic N) is 1. The summed E-state index contributed by atoms with van der Waals surface area (Å²) in [6.07, 6.45) is 22.3. The molecule has 0 unspecified atom stereocenters. The van der Waals surface area contributed by atoms with Gasteiger partial charge in [0.25, 0.3) is 0 Å². The molecule has 0 heterocycles. The third kappa shape index (κ3) is 5.89. The monoisotopic (exact) mass is 290 g/mol. The number of nitrogens with one attached hydrogen (secondary N) is 1. The molecule has 0 radical (unpaired) electrons. The van der Waals surface area contributed by atoms with E-state index in [-0.39, 0.29) is 0 Å². The van der Waals surface area contributed by atoms with Gasteiger partial charge in [-0.2, -0.15) is 5.26 Å². The normalized spacial score (nSPS) is 21.3. The van der Waals surface area contributed by atoms with Gasteiger partial charge in [-0.05, 0) is 30.6 Å². The zero-order valence-electron chi connectivity index (χ0n) is 13.8. The van der Waals surface area contributed by atoms with Crippen LogP contribution in [-0.2, 0) is 0 Å². The van der Waals surface area contributed by atoms with E-state index in [4.69, 9.17) is 5.26 Å². The molecule has 2 heteroatoms. The fourth-order valence-electron chi connectivity index (χ4n) is 4.81. The quantitative estimate of drug-likeness (QED) is 0.369. The molecule has 0 aliphatic heterocycles. The summed E-state index contributed by atoms with van der Waals surface area (Å²) in [5.74, 6) is 3.10. The SMILES string of the molecule is N#CNCCCCCC(C1CCCCC1)C1CCCCC1. The molecule has 0 aromatic carbocycles. The van der Waals surface area contributed by atoms with E-state index in [1.807, 2.05) is 6.19 Å². The van der Waals surface area contributed by atoms with Gasteiger partial charge in [0.2, 0.25) is 0 Å². The van der Waals surface area contributed by atoms with Gasteiger partial charge >= 0.3 is 0 Å². The Morgan fingerprint density at radius 1 is 0.810 bits per heavy atom. The number of nitriles is 1. The van der Waals surface area contributed by atoms with Crippen molar-refractivity contribution in [2.45, 2.75) is 89.9 Å². The van der Waals surface area contributed by atoms with Crippen molar-refractivity contribution in [3.05, 3.63) is 0 Å². The third-order valence-electron chi connectivity index (χ3n) is 5.93. The van der Waals surface area contributed by atoms with E-state index in [2.05, 4.69) is 5.32 Å². The summed E-state index contributed by atoms with van der Waals surface area (Å²) < 4.78 is 0. The molecule has 0 aromatic rings. The first-order chi connectivity index (χ1) is 10.4. The van der Waals surface area contributed by atoms with Gasteiger partial charge in [-0.15, -0.1) is 0 Å². The highest BCUT2D eigenvalue weighted by molar-refractivity contribution is 4.81. The molecule has 2 saturated carbocycles.